The molecule has 11 nitrogen and oxygen atoms in total. The normalized spacial score (nSPS) is 12.3. The van der Waals surface area contributed by atoms with Crippen LogP contribution < -0.4 is 16.4 Å². The maximum atomic E-state index is 12.1. The van der Waals surface area contributed by atoms with E-state index >= 15 is 0 Å². The van der Waals surface area contributed by atoms with E-state index in [1.807, 2.05) is 5.32 Å². The highest BCUT2D eigenvalue weighted by Gasteiger charge is 2.29. The van der Waals surface area contributed by atoms with Crippen LogP contribution >= 0.6 is 0 Å². The maximum Gasteiger partial charge on any atom is 0.408 e. The zero-order valence-electron chi connectivity index (χ0n) is 14.1. The Kier molecular flexibility index (Phi) is 8.23. The molecule has 0 aliphatic heterocycles. The minimum atomic E-state index is -1.74. The van der Waals surface area contributed by atoms with E-state index in [4.69, 9.17) is 20.7 Å². The average Bonchev–Trinajstić information content (AvgIpc) is 2.58. The fourth-order valence-electron chi connectivity index (χ4n) is 1.96. The minimum absolute atomic E-state index is 0.103. The van der Waals surface area contributed by atoms with Crippen LogP contribution in [-0.2, 0) is 30.5 Å². The van der Waals surface area contributed by atoms with Gasteiger partial charge in [-0.15, -0.1) is 0 Å². The van der Waals surface area contributed by atoms with Crippen molar-refractivity contribution in [3.8, 4) is 0 Å². The number of amides is 3. The van der Waals surface area contributed by atoms with E-state index in [1.165, 1.54) is 0 Å². The number of primary amides is 1. The summed E-state index contributed by atoms with van der Waals surface area (Å²) in [6.45, 7) is -0.103. The van der Waals surface area contributed by atoms with Gasteiger partial charge in [-0.25, -0.2) is 9.59 Å². The molecule has 146 valence electrons. The molecule has 1 aromatic rings. The topological polar surface area (TPSA) is 185 Å². The van der Waals surface area contributed by atoms with Gasteiger partial charge < -0.3 is 31.3 Å². The molecule has 0 saturated heterocycles. The minimum Gasteiger partial charge on any atom is -0.481 e. The summed E-state index contributed by atoms with van der Waals surface area (Å²) >= 11 is 0. The molecule has 0 aliphatic carbocycles. The van der Waals surface area contributed by atoms with Crippen molar-refractivity contribution in [2.75, 3.05) is 0 Å². The molecule has 6 N–H and O–H groups in total. The number of benzene rings is 1. The van der Waals surface area contributed by atoms with Gasteiger partial charge in [-0.05, 0) is 5.56 Å². The molecule has 0 bridgehead atoms. The summed E-state index contributed by atoms with van der Waals surface area (Å²) in [4.78, 5) is 56.8. The van der Waals surface area contributed by atoms with Crippen molar-refractivity contribution in [3.05, 3.63) is 35.9 Å². The van der Waals surface area contributed by atoms with Crippen LogP contribution in [0.1, 0.15) is 18.4 Å². The van der Waals surface area contributed by atoms with Crippen LogP contribution in [0.2, 0.25) is 0 Å². The Balaban J connectivity index is 2.71. The van der Waals surface area contributed by atoms with Gasteiger partial charge in [0.15, 0.2) is 0 Å². The second-order valence-electron chi connectivity index (χ2n) is 5.43. The van der Waals surface area contributed by atoms with E-state index in [0.717, 1.165) is 0 Å². The first-order valence-corrected chi connectivity index (χ1v) is 7.69. The van der Waals surface area contributed by atoms with E-state index in [-0.39, 0.29) is 6.61 Å². The van der Waals surface area contributed by atoms with Gasteiger partial charge >= 0.3 is 18.0 Å². The number of carbonyl (C=O) groups excluding carboxylic acids is 3. The molecule has 0 fully saturated rings. The summed E-state index contributed by atoms with van der Waals surface area (Å²) in [6, 6.07) is 5.36. The molecular formula is C16H19N3O8. The van der Waals surface area contributed by atoms with Gasteiger partial charge in [0.1, 0.15) is 18.7 Å². The third-order valence-electron chi connectivity index (χ3n) is 3.22. The Morgan fingerprint density at radius 1 is 0.963 bits per heavy atom. The second-order valence-corrected chi connectivity index (χ2v) is 5.43. The zero-order valence-corrected chi connectivity index (χ0v) is 14.1. The van der Waals surface area contributed by atoms with E-state index in [9.17, 15) is 24.0 Å². The smallest absolute Gasteiger partial charge is 0.408 e. The van der Waals surface area contributed by atoms with E-state index in [0.29, 0.717) is 5.56 Å². The van der Waals surface area contributed by atoms with Crippen LogP contribution in [0.3, 0.4) is 0 Å². The molecule has 1 rings (SSSR count). The van der Waals surface area contributed by atoms with Crippen molar-refractivity contribution in [2.45, 2.75) is 31.5 Å². The Morgan fingerprint density at radius 3 is 2.11 bits per heavy atom. The molecule has 0 radical (unpaired) electrons. The van der Waals surface area contributed by atoms with Crippen LogP contribution in [0, 0.1) is 0 Å². The molecule has 3 amide bonds. The summed E-state index contributed by atoms with van der Waals surface area (Å²) in [5.41, 5.74) is 5.70. The van der Waals surface area contributed by atoms with Gasteiger partial charge in [-0.2, -0.15) is 0 Å². The Bertz CT molecular complexity index is 707. The number of carboxylic acid groups (broad SMARTS) is 2. The van der Waals surface area contributed by atoms with Crippen LogP contribution in [0.15, 0.2) is 30.3 Å². The number of carbonyl (C=O) groups is 5. The van der Waals surface area contributed by atoms with Gasteiger partial charge in [0.25, 0.3) is 0 Å². The van der Waals surface area contributed by atoms with Gasteiger partial charge in [0, 0.05) is 0 Å². The summed E-state index contributed by atoms with van der Waals surface area (Å²) in [6.07, 6.45) is -2.56. The predicted octanol–water partition coefficient (Wildman–Crippen LogP) is -0.799. The summed E-state index contributed by atoms with van der Waals surface area (Å²) in [7, 11) is 0. The molecule has 2 atom stereocenters. The van der Waals surface area contributed by atoms with Crippen molar-refractivity contribution < 1.29 is 38.9 Å². The highest BCUT2D eigenvalue weighted by atomic mass is 16.5. The largest absolute Gasteiger partial charge is 0.481 e. The number of aliphatic carboxylic acids is 2. The average molecular weight is 381 g/mol. The fourth-order valence-corrected chi connectivity index (χ4v) is 1.96. The monoisotopic (exact) mass is 381 g/mol. The first-order chi connectivity index (χ1) is 12.7. The molecule has 11 heteroatoms. The van der Waals surface area contributed by atoms with E-state index in [1.54, 1.807) is 30.3 Å². The molecular weight excluding hydrogens is 362 g/mol. The number of alkyl carbamates (subject to hydrolysis) is 1. The lowest BCUT2D eigenvalue weighted by atomic mass is 10.1. The molecule has 27 heavy (non-hydrogen) atoms. The fraction of sp³-hybridized carbons (Fsp3) is 0.312. The van der Waals surface area contributed by atoms with Gasteiger partial charge in [-0.3, -0.25) is 14.4 Å². The van der Waals surface area contributed by atoms with E-state index < -0.39 is 54.8 Å². The van der Waals surface area contributed by atoms with Crippen molar-refractivity contribution in [1.29, 1.82) is 0 Å². The van der Waals surface area contributed by atoms with Crippen molar-refractivity contribution in [2.24, 2.45) is 5.73 Å². The van der Waals surface area contributed by atoms with Crippen molar-refractivity contribution >= 4 is 29.8 Å². The number of ether oxygens (including phenoxy) is 1. The first-order valence-electron chi connectivity index (χ1n) is 7.69. The van der Waals surface area contributed by atoms with E-state index in [2.05, 4.69) is 5.32 Å². The number of nitrogens with one attached hydrogen (secondary N) is 2. The molecule has 0 aliphatic rings. The first kappa shape index (κ1) is 21.4. The molecule has 0 aromatic heterocycles. The standard InChI is InChI=1S/C16H19N3O8/c17-12(20)6-10(14(23)18-11(15(24)25)7-13(21)22)19-16(26)27-8-9-4-2-1-3-5-9/h1-5,10-11H,6-8H2,(H2,17,20)(H,18,23)(H,19,26)(H,21,22)(H,24,25). The molecule has 0 saturated carbocycles. The lowest BCUT2D eigenvalue weighted by molar-refractivity contribution is -0.147. The van der Waals surface area contributed by atoms with Crippen LogP contribution in [-0.4, -0.2) is 52.1 Å². The SMILES string of the molecule is NC(=O)CC(NC(=O)OCc1ccccc1)C(=O)NC(CC(=O)O)C(=O)O. The maximum absolute atomic E-state index is 12.1. The highest BCUT2D eigenvalue weighted by Crippen LogP contribution is 2.02. The number of rotatable bonds is 10. The van der Waals surface area contributed by atoms with Gasteiger partial charge in [-0.1, -0.05) is 30.3 Å². The quantitative estimate of drug-likeness (QED) is 0.348. The Morgan fingerprint density at radius 2 is 1.59 bits per heavy atom. The molecule has 0 heterocycles. The predicted molar refractivity (Wildman–Crippen MR) is 89.2 cm³/mol. The number of carboxylic acids is 2. The second kappa shape index (κ2) is 10.4. The van der Waals surface area contributed by atoms with Crippen LogP contribution in [0.25, 0.3) is 0 Å². The summed E-state index contributed by atoms with van der Waals surface area (Å²) in [5, 5.41) is 21.7. The van der Waals surface area contributed by atoms with Crippen LogP contribution in [0.4, 0.5) is 4.79 Å². The highest BCUT2D eigenvalue weighted by molar-refractivity contribution is 5.93. The molecule has 1 aromatic carbocycles. The summed E-state index contributed by atoms with van der Waals surface area (Å²) < 4.78 is 4.91. The number of hydrogen-bond acceptors (Lipinski definition) is 6. The van der Waals surface area contributed by atoms with Crippen LogP contribution in [0.5, 0.6) is 0 Å². The zero-order chi connectivity index (χ0) is 20.4. The lowest BCUT2D eigenvalue weighted by Crippen LogP contribution is -2.53. The molecule has 0 spiro atoms. The number of nitrogens with two attached hydrogens (primary N) is 1. The third kappa shape index (κ3) is 8.34. The number of hydrogen-bond donors (Lipinski definition) is 5. The lowest BCUT2D eigenvalue weighted by Gasteiger charge is -2.19. The Hall–Kier alpha value is -3.63. The van der Waals surface area contributed by atoms with Gasteiger partial charge in [0.05, 0.1) is 12.8 Å². The summed E-state index contributed by atoms with van der Waals surface area (Å²) in [5.74, 6) is -5.07. The van der Waals surface area contributed by atoms with Crippen molar-refractivity contribution in [3.63, 3.8) is 0 Å². The molecule has 2 unspecified atom stereocenters. The Labute approximate surface area is 153 Å². The third-order valence-corrected chi connectivity index (χ3v) is 3.22. The van der Waals surface area contributed by atoms with Crippen molar-refractivity contribution in [1.82, 2.24) is 10.6 Å². The van der Waals surface area contributed by atoms with Gasteiger partial charge in [0.2, 0.25) is 11.8 Å².